The molecule has 0 radical (unpaired) electrons. The molecule has 22 heavy (non-hydrogen) atoms. The Hall–Kier alpha value is -1.20. The largest absolute Gasteiger partial charge is 0.140 e. The molecule has 108 valence electrons. The molecule has 0 spiro atoms. The van der Waals surface area contributed by atoms with Gasteiger partial charge in [-0.1, -0.05) is 59.9 Å². The fourth-order valence-corrected chi connectivity index (χ4v) is 6.88. The van der Waals surface area contributed by atoms with E-state index in [1.807, 2.05) is 46.2 Å². The third-order valence-corrected chi connectivity index (χ3v) is 7.98. The van der Waals surface area contributed by atoms with Crippen molar-refractivity contribution in [3.63, 3.8) is 0 Å². The molecule has 4 rings (SSSR count). The van der Waals surface area contributed by atoms with E-state index in [1.165, 1.54) is 29.0 Å². The first-order chi connectivity index (χ1) is 10.9. The first-order valence-electron chi connectivity index (χ1n) is 6.84. The van der Waals surface area contributed by atoms with Gasteiger partial charge < -0.3 is 0 Å². The molecule has 2 aromatic carbocycles. The summed E-state index contributed by atoms with van der Waals surface area (Å²) in [5.41, 5.74) is 0. The van der Waals surface area contributed by atoms with Crippen LogP contribution in [0.1, 0.15) is 0 Å². The van der Waals surface area contributed by atoms with Crippen LogP contribution in [-0.2, 0) is 0 Å². The summed E-state index contributed by atoms with van der Waals surface area (Å²) in [7, 11) is 0. The van der Waals surface area contributed by atoms with Gasteiger partial charge in [-0.05, 0) is 24.3 Å². The third-order valence-electron chi connectivity index (χ3n) is 3.16. The summed E-state index contributed by atoms with van der Waals surface area (Å²) in [4.78, 5) is 5.34. The van der Waals surface area contributed by atoms with Crippen molar-refractivity contribution < 1.29 is 0 Å². The van der Waals surface area contributed by atoms with Crippen molar-refractivity contribution in [1.29, 1.82) is 0 Å². The number of benzene rings is 2. The second kappa shape index (κ2) is 6.50. The second-order valence-electron chi connectivity index (χ2n) is 4.69. The average molecular weight is 357 g/mol. The van der Waals surface area contributed by atoms with Gasteiger partial charge in [0.05, 0.1) is 9.40 Å². The van der Waals surface area contributed by atoms with Crippen LogP contribution in [0.3, 0.4) is 0 Å². The summed E-state index contributed by atoms with van der Waals surface area (Å²) in [5.74, 6) is 0. The number of thiophene rings is 2. The molecule has 2 heterocycles. The number of hydrogen-bond acceptors (Lipinski definition) is 4. The highest BCUT2D eigenvalue weighted by atomic mass is 32.2. The summed E-state index contributed by atoms with van der Waals surface area (Å²) in [6.07, 6.45) is 0. The molecule has 0 saturated heterocycles. The van der Waals surface area contributed by atoms with Gasteiger partial charge in [0.2, 0.25) is 0 Å². The summed E-state index contributed by atoms with van der Waals surface area (Å²) in [5, 5.41) is 4.57. The third kappa shape index (κ3) is 2.97. The zero-order valence-corrected chi connectivity index (χ0v) is 14.8. The van der Waals surface area contributed by atoms with Gasteiger partial charge in [0.25, 0.3) is 0 Å². The van der Waals surface area contributed by atoms with E-state index >= 15 is 0 Å². The monoisotopic (exact) mass is 356 g/mol. The number of hydrogen-bond donors (Lipinski definition) is 0. The lowest BCUT2D eigenvalue weighted by Gasteiger charge is -1.98. The van der Waals surface area contributed by atoms with Crippen molar-refractivity contribution in [2.75, 3.05) is 0 Å². The minimum absolute atomic E-state index is 1.30. The van der Waals surface area contributed by atoms with E-state index in [0.717, 1.165) is 0 Å². The topological polar surface area (TPSA) is 0 Å². The maximum Gasteiger partial charge on any atom is 0.0602 e. The summed E-state index contributed by atoms with van der Waals surface area (Å²) < 4.78 is 2.83. The van der Waals surface area contributed by atoms with Crippen molar-refractivity contribution >= 4 is 55.6 Å². The molecule has 0 aliphatic carbocycles. The maximum absolute atomic E-state index is 2.29. The lowest BCUT2D eigenvalue weighted by molar-refractivity contribution is 1.45. The van der Waals surface area contributed by atoms with E-state index < -0.39 is 0 Å². The molecule has 0 N–H and O–H groups in total. The molecule has 0 saturated carbocycles. The van der Waals surface area contributed by atoms with Gasteiger partial charge in [-0.15, -0.1) is 22.7 Å². The van der Waals surface area contributed by atoms with Crippen molar-refractivity contribution in [3.05, 3.63) is 71.4 Å². The second-order valence-corrected chi connectivity index (χ2v) is 8.68. The standard InChI is InChI=1S/C18H12S4/c1-3-7-13(8-4-1)21-15-11-19-18-16(12-20-17(15)18)22-14-9-5-2-6-10-14/h1-12H. The van der Waals surface area contributed by atoms with Gasteiger partial charge in [0.1, 0.15) is 0 Å². The fraction of sp³-hybridized carbons (Fsp3) is 0. The van der Waals surface area contributed by atoms with Crippen molar-refractivity contribution in [2.24, 2.45) is 0 Å². The Morgan fingerprint density at radius 3 is 1.36 bits per heavy atom. The Kier molecular flexibility index (Phi) is 4.26. The van der Waals surface area contributed by atoms with E-state index in [-0.39, 0.29) is 0 Å². The zero-order valence-electron chi connectivity index (χ0n) is 11.6. The quantitative estimate of drug-likeness (QED) is 0.377. The fourth-order valence-electron chi connectivity index (χ4n) is 2.15. The van der Waals surface area contributed by atoms with Crippen LogP contribution in [-0.4, -0.2) is 0 Å². The van der Waals surface area contributed by atoms with Gasteiger partial charge in [-0.2, -0.15) is 0 Å². The van der Waals surface area contributed by atoms with Gasteiger partial charge in [0.15, 0.2) is 0 Å². The Morgan fingerprint density at radius 1 is 0.545 bits per heavy atom. The minimum atomic E-state index is 1.30. The molecule has 0 aliphatic heterocycles. The van der Waals surface area contributed by atoms with E-state index in [4.69, 9.17) is 0 Å². The highest BCUT2D eigenvalue weighted by Gasteiger charge is 2.12. The Balaban J connectivity index is 1.64. The Morgan fingerprint density at radius 2 is 0.955 bits per heavy atom. The van der Waals surface area contributed by atoms with Crippen LogP contribution in [0.4, 0.5) is 0 Å². The Bertz CT molecular complexity index is 800. The van der Waals surface area contributed by atoms with E-state index in [9.17, 15) is 0 Å². The normalized spacial score (nSPS) is 11.1. The van der Waals surface area contributed by atoms with Crippen LogP contribution in [0.25, 0.3) is 9.40 Å². The molecule has 0 bridgehead atoms. The molecule has 4 heteroatoms. The van der Waals surface area contributed by atoms with Crippen molar-refractivity contribution in [3.8, 4) is 0 Å². The summed E-state index contributed by atoms with van der Waals surface area (Å²) >= 11 is 7.42. The molecule has 4 aromatic rings. The number of fused-ring (bicyclic) bond motifs is 1. The van der Waals surface area contributed by atoms with E-state index in [2.05, 4.69) is 71.4 Å². The first-order valence-corrected chi connectivity index (χ1v) is 10.2. The van der Waals surface area contributed by atoms with Crippen LogP contribution in [0, 0.1) is 0 Å². The van der Waals surface area contributed by atoms with Gasteiger partial charge >= 0.3 is 0 Å². The van der Waals surface area contributed by atoms with Crippen LogP contribution >= 0.6 is 46.2 Å². The molecular weight excluding hydrogens is 344 g/mol. The number of rotatable bonds is 4. The lowest BCUT2D eigenvalue weighted by Crippen LogP contribution is -1.69. The molecular formula is C18H12S4. The Labute approximate surface area is 146 Å². The molecule has 0 unspecified atom stereocenters. The van der Waals surface area contributed by atoms with E-state index in [0.29, 0.717) is 0 Å². The van der Waals surface area contributed by atoms with Crippen molar-refractivity contribution in [2.45, 2.75) is 19.6 Å². The highest BCUT2D eigenvalue weighted by molar-refractivity contribution is 8.00. The summed E-state index contributed by atoms with van der Waals surface area (Å²) in [6.45, 7) is 0. The lowest BCUT2D eigenvalue weighted by atomic mass is 10.4. The van der Waals surface area contributed by atoms with Crippen molar-refractivity contribution in [1.82, 2.24) is 0 Å². The van der Waals surface area contributed by atoms with Crippen LogP contribution < -0.4 is 0 Å². The van der Waals surface area contributed by atoms with Crippen LogP contribution in [0.15, 0.2) is 91.0 Å². The average Bonchev–Trinajstić information content (AvgIpc) is 3.14. The predicted octanol–water partition coefficient (Wildman–Crippen LogP) is 7.27. The van der Waals surface area contributed by atoms with Gasteiger partial charge in [-0.3, -0.25) is 0 Å². The molecule has 0 aliphatic rings. The SMILES string of the molecule is c1ccc(Sc2csc3c(Sc4ccccc4)csc23)cc1. The molecule has 2 aromatic heterocycles. The first kappa shape index (κ1) is 14.4. The molecule has 0 nitrogen and oxygen atoms in total. The smallest absolute Gasteiger partial charge is 0.0602 e. The zero-order chi connectivity index (χ0) is 14.8. The predicted molar refractivity (Wildman–Crippen MR) is 101 cm³/mol. The van der Waals surface area contributed by atoms with E-state index in [1.54, 1.807) is 0 Å². The van der Waals surface area contributed by atoms with Gasteiger partial charge in [0, 0.05) is 30.3 Å². The molecule has 0 fully saturated rings. The van der Waals surface area contributed by atoms with Crippen LogP contribution in [0.2, 0.25) is 0 Å². The minimum Gasteiger partial charge on any atom is -0.140 e. The molecule has 0 amide bonds. The van der Waals surface area contributed by atoms with Gasteiger partial charge in [-0.25, -0.2) is 0 Å². The highest BCUT2D eigenvalue weighted by Crippen LogP contribution is 2.46. The molecule has 0 atom stereocenters. The summed E-state index contributed by atoms with van der Waals surface area (Å²) in [6, 6.07) is 21.2. The van der Waals surface area contributed by atoms with Crippen LogP contribution in [0.5, 0.6) is 0 Å². The maximum atomic E-state index is 2.29.